The van der Waals surface area contributed by atoms with Crippen molar-refractivity contribution in [2.24, 2.45) is 5.10 Å². The van der Waals surface area contributed by atoms with E-state index in [2.05, 4.69) is 26.5 Å². The average Bonchev–Trinajstić information content (AvgIpc) is 2.74. The maximum absolute atomic E-state index is 12.1. The number of ether oxygens (including phenoxy) is 1. The van der Waals surface area contributed by atoms with Gasteiger partial charge in [-0.15, -0.1) is 0 Å². The third-order valence-corrected chi connectivity index (χ3v) is 4.45. The van der Waals surface area contributed by atoms with E-state index in [1.54, 1.807) is 30.3 Å². The molecule has 0 unspecified atom stereocenters. The van der Waals surface area contributed by atoms with Gasteiger partial charge in [-0.05, 0) is 53.6 Å². The highest BCUT2D eigenvalue weighted by atomic mass is 79.9. The number of carbonyl (C=O) groups excluding carboxylic acids is 1. The lowest BCUT2D eigenvalue weighted by molar-refractivity contribution is -0.385. The molecule has 7 nitrogen and oxygen atoms in total. The predicted octanol–water partition coefficient (Wildman–Crippen LogP) is 4.70. The van der Waals surface area contributed by atoms with E-state index in [1.165, 1.54) is 24.4 Å². The molecule has 146 valence electrons. The first kappa shape index (κ1) is 20.2. The van der Waals surface area contributed by atoms with Crippen molar-refractivity contribution < 1.29 is 14.5 Å². The van der Waals surface area contributed by atoms with E-state index in [1.807, 2.05) is 24.3 Å². The fraction of sp³-hybridized carbons (Fsp3) is 0.0476. The number of halogens is 1. The van der Waals surface area contributed by atoms with Gasteiger partial charge in [-0.25, -0.2) is 5.43 Å². The molecule has 0 radical (unpaired) electrons. The monoisotopic (exact) mass is 453 g/mol. The Hall–Kier alpha value is -3.52. The number of nitrogens with zero attached hydrogens (tertiary/aromatic N) is 2. The average molecular weight is 454 g/mol. The van der Waals surface area contributed by atoms with Crippen molar-refractivity contribution >= 4 is 33.7 Å². The number of hydrogen-bond donors (Lipinski definition) is 1. The van der Waals surface area contributed by atoms with Crippen LogP contribution in [0.5, 0.6) is 5.75 Å². The molecule has 0 spiro atoms. The second kappa shape index (κ2) is 9.61. The van der Waals surface area contributed by atoms with Gasteiger partial charge < -0.3 is 4.74 Å². The lowest BCUT2D eigenvalue weighted by Crippen LogP contribution is -2.18. The Morgan fingerprint density at radius 3 is 2.45 bits per heavy atom. The molecule has 0 aliphatic carbocycles. The SMILES string of the molecule is O=C(N/N=C/c1ccc(OCc2ccc(Br)cc2)cc1)c1ccccc1[N+](=O)[O-]. The van der Waals surface area contributed by atoms with Crippen LogP contribution >= 0.6 is 15.9 Å². The van der Waals surface area contributed by atoms with Gasteiger partial charge in [0.1, 0.15) is 17.9 Å². The lowest BCUT2D eigenvalue weighted by atomic mass is 10.2. The molecule has 3 aromatic rings. The Kier molecular flexibility index (Phi) is 6.70. The molecule has 0 aromatic heterocycles. The van der Waals surface area contributed by atoms with Gasteiger partial charge in [-0.1, -0.05) is 40.2 Å². The summed E-state index contributed by atoms with van der Waals surface area (Å²) in [7, 11) is 0. The van der Waals surface area contributed by atoms with Gasteiger partial charge in [0.2, 0.25) is 0 Å². The normalized spacial score (nSPS) is 10.7. The van der Waals surface area contributed by atoms with E-state index in [0.29, 0.717) is 12.4 Å². The van der Waals surface area contributed by atoms with Gasteiger partial charge in [0.25, 0.3) is 11.6 Å². The molecule has 8 heteroatoms. The Balaban J connectivity index is 1.55. The van der Waals surface area contributed by atoms with E-state index in [0.717, 1.165) is 15.6 Å². The highest BCUT2D eigenvalue weighted by Crippen LogP contribution is 2.17. The number of rotatable bonds is 7. The Morgan fingerprint density at radius 1 is 1.07 bits per heavy atom. The van der Waals surface area contributed by atoms with Crippen LogP contribution in [0.25, 0.3) is 0 Å². The van der Waals surface area contributed by atoms with Gasteiger partial charge in [-0.2, -0.15) is 5.10 Å². The van der Waals surface area contributed by atoms with Crippen LogP contribution in [-0.4, -0.2) is 17.0 Å². The summed E-state index contributed by atoms with van der Waals surface area (Å²) in [4.78, 5) is 22.5. The van der Waals surface area contributed by atoms with Crippen LogP contribution < -0.4 is 10.2 Å². The fourth-order valence-corrected chi connectivity index (χ4v) is 2.71. The lowest BCUT2D eigenvalue weighted by Gasteiger charge is -2.06. The molecule has 0 aliphatic heterocycles. The van der Waals surface area contributed by atoms with Gasteiger partial charge in [0, 0.05) is 10.5 Å². The molecular weight excluding hydrogens is 438 g/mol. The Morgan fingerprint density at radius 2 is 1.76 bits per heavy atom. The molecular formula is C21H16BrN3O4. The van der Waals surface area contributed by atoms with Crippen LogP contribution in [0, 0.1) is 10.1 Å². The Labute approximate surface area is 175 Å². The van der Waals surface area contributed by atoms with Gasteiger partial charge in [-0.3, -0.25) is 14.9 Å². The summed E-state index contributed by atoms with van der Waals surface area (Å²) < 4.78 is 6.74. The van der Waals surface area contributed by atoms with E-state index in [9.17, 15) is 14.9 Å². The summed E-state index contributed by atoms with van der Waals surface area (Å²) in [6.45, 7) is 0.451. The molecule has 0 saturated heterocycles. The number of nitrogens with one attached hydrogen (secondary N) is 1. The number of amides is 1. The molecule has 3 aromatic carbocycles. The molecule has 0 fully saturated rings. The second-order valence-electron chi connectivity index (χ2n) is 5.96. The number of hydrogen-bond acceptors (Lipinski definition) is 5. The highest BCUT2D eigenvalue weighted by Gasteiger charge is 2.18. The topological polar surface area (TPSA) is 93.8 Å². The zero-order valence-corrected chi connectivity index (χ0v) is 16.7. The van der Waals surface area contributed by atoms with Gasteiger partial charge in [0.15, 0.2) is 0 Å². The summed E-state index contributed by atoms with van der Waals surface area (Å²) in [5.74, 6) is 0.0528. The Bertz CT molecular complexity index is 1030. The van der Waals surface area contributed by atoms with Gasteiger partial charge in [0.05, 0.1) is 11.1 Å². The summed E-state index contributed by atoms with van der Waals surface area (Å²) in [6, 6.07) is 20.7. The molecule has 0 aliphatic rings. The van der Waals surface area contributed by atoms with Crippen LogP contribution in [0.2, 0.25) is 0 Å². The molecule has 3 rings (SSSR count). The summed E-state index contributed by atoms with van der Waals surface area (Å²) in [6.07, 6.45) is 1.45. The van der Waals surface area contributed by atoms with Crippen molar-refractivity contribution in [3.05, 3.63) is 104 Å². The zero-order valence-electron chi connectivity index (χ0n) is 15.1. The van der Waals surface area contributed by atoms with Crippen molar-refractivity contribution in [2.75, 3.05) is 0 Å². The number of benzene rings is 3. The number of nitro groups is 1. The molecule has 0 bridgehead atoms. The number of hydrazone groups is 1. The maximum atomic E-state index is 12.1. The number of carbonyl (C=O) groups is 1. The van der Waals surface area contributed by atoms with Crippen molar-refractivity contribution in [3.8, 4) is 5.75 Å². The van der Waals surface area contributed by atoms with E-state index in [4.69, 9.17) is 4.74 Å². The number of para-hydroxylation sites is 1. The summed E-state index contributed by atoms with van der Waals surface area (Å²) in [5, 5.41) is 14.8. The van der Waals surface area contributed by atoms with Crippen molar-refractivity contribution in [2.45, 2.75) is 6.61 Å². The van der Waals surface area contributed by atoms with E-state index in [-0.39, 0.29) is 11.3 Å². The first-order valence-corrected chi connectivity index (χ1v) is 9.36. The molecule has 0 heterocycles. The zero-order chi connectivity index (χ0) is 20.6. The van der Waals surface area contributed by atoms with Crippen LogP contribution in [0.1, 0.15) is 21.5 Å². The quantitative estimate of drug-likeness (QED) is 0.318. The number of nitro benzene ring substituents is 1. The smallest absolute Gasteiger partial charge is 0.282 e. The molecule has 0 saturated carbocycles. The summed E-state index contributed by atoms with van der Waals surface area (Å²) >= 11 is 3.39. The van der Waals surface area contributed by atoms with Gasteiger partial charge >= 0.3 is 0 Å². The van der Waals surface area contributed by atoms with Crippen molar-refractivity contribution in [1.82, 2.24) is 5.43 Å². The third kappa shape index (κ3) is 5.73. The van der Waals surface area contributed by atoms with Crippen molar-refractivity contribution in [3.63, 3.8) is 0 Å². The highest BCUT2D eigenvalue weighted by molar-refractivity contribution is 9.10. The maximum Gasteiger partial charge on any atom is 0.282 e. The largest absolute Gasteiger partial charge is 0.489 e. The first-order chi connectivity index (χ1) is 14.0. The molecule has 1 N–H and O–H groups in total. The summed E-state index contributed by atoms with van der Waals surface area (Å²) in [5.41, 5.74) is 3.77. The second-order valence-corrected chi connectivity index (χ2v) is 6.87. The molecule has 0 atom stereocenters. The van der Waals surface area contributed by atoms with Crippen molar-refractivity contribution in [1.29, 1.82) is 0 Å². The fourth-order valence-electron chi connectivity index (χ4n) is 2.45. The van der Waals surface area contributed by atoms with Crippen LogP contribution in [0.4, 0.5) is 5.69 Å². The minimum atomic E-state index is -0.650. The standard InChI is InChI=1S/C21H16BrN3O4/c22-17-9-5-16(6-10-17)14-29-18-11-7-15(8-12-18)13-23-24-21(26)19-3-1-2-4-20(19)25(27)28/h1-13H,14H2,(H,24,26)/b23-13+. The minimum absolute atomic E-state index is 0.0497. The van der Waals surface area contributed by atoms with Crippen LogP contribution in [-0.2, 0) is 6.61 Å². The van der Waals surface area contributed by atoms with Crippen LogP contribution in [0.15, 0.2) is 82.4 Å². The molecule has 29 heavy (non-hydrogen) atoms. The van der Waals surface area contributed by atoms with Crippen LogP contribution in [0.3, 0.4) is 0 Å². The predicted molar refractivity (Wildman–Crippen MR) is 113 cm³/mol. The van der Waals surface area contributed by atoms with E-state index >= 15 is 0 Å². The third-order valence-electron chi connectivity index (χ3n) is 3.92. The minimum Gasteiger partial charge on any atom is -0.489 e. The van der Waals surface area contributed by atoms with E-state index < -0.39 is 10.8 Å². The molecule has 1 amide bonds. The first-order valence-electron chi connectivity index (χ1n) is 8.57.